The molecular weight excluding hydrogens is 100 g/mol. The van der Waals surface area contributed by atoms with E-state index >= 15 is 0 Å². The molecule has 0 spiro atoms. The zero-order chi connectivity index (χ0) is 5.98. The van der Waals surface area contributed by atoms with Crippen molar-refractivity contribution < 1.29 is 0 Å². The van der Waals surface area contributed by atoms with Gasteiger partial charge in [0, 0.05) is 7.05 Å². The van der Waals surface area contributed by atoms with Crippen LogP contribution >= 0.6 is 0 Å². The van der Waals surface area contributed by atoms with Gasteiger partial charge in [-0.1, -0.05) is 0 Å². The summed E-state index contributed by atoms with van der Waals surface area (Å²) in [6.07, 6.45) is 2.08. The first kappa shape index (κ1) is 5.35. The highest BCUT2D eigenvalue weighted by Gasteiger charge is 2.01. The van der Waals surface area contributed by atoms with E-state index in [1.807, 2.05) is 14.0 Å². The highest BCUT2D eigenvalue weighted by atomic mass is 14.9. The molecule has 2 nitrogen and oxygen atoms in total. The lowest BCUT2D eigenvalue weighted by molar-refractivity contribution is 1.05. The van der Waals surface area contributed by atoms with Crippen molar-refractivity contribution in [3.63, 3.8) is 0 Å². The number of allylic oxidation sites excluding steroid dienone is 1. The number of hydrogen-bond acceptors (Lipinski definition) is 2. The van der Waals surface area contributed by atoms with Crippen molar-refractivity contribution in [2.24, 2.45) is 4.99 Å². The molecule has 0 bridgehead atoms. The molecule has 1 N–H and O–H groups in total. The summed E-state index contributed by atoms with van der Waals surface area (Å²) in [4.78, 5) is 4.15. The van der Waals surface area contributed by atoms with Gasteiger partial charge >= 0.3 is 0 Å². The summed E-state index contributed by atoms with van der Waals surface area (Å²) in [5, 5.41) is 3.04. The van der Waals surface area contributed by atoms with Gasteiger partial charge in [-0.25, -0.2) is 0 Å². The highest BCUT2D eigenvalue weighted by Crippen LogP contribution is 2.00. The summed E-state index contributed by atoms with van der Waals surface area (Å²) in [5.41, 5.74) is 2.29. The lowest BCUT2D eigenvalue weighted by Gasteiger charge is -1.97. The van der Waals surface area contributed by atoms with Gasteiger partial charge in [-0.3, -0.25) is 4.99 Å². The quantitative estimate of drug-likeness (QED) is 0.524. The summed E-state index contributed by atoms with van der Waals surface area (Å²) in [7, 11) is 1.91. The van der Waals surface area contributed by atoms with Gasteiger partial charge in [-0.15, -0.1) is 0 Å². The van der Waals surface area contributed by atoms with Crippen molar-refractivity contribution in [1.29, 1.82) is 0 Å². The fourth-order valence-electron chi connectivity index (χ4n) is 0.790. The topological polar surface area (TPSA) is 24.4 Å². The zero-order valence-corrected chi connectivity index (χ0v) is 5.23. The molecular formula is C6H10N2. The molecule has 0 radical (unpaired) electrons. The van der Waals surface area contributed by atoms with Crippen LogP contribution in [0.3, 0.4) is 0 Å². The van der Waals surface area contributed by atoms with Gasteiger partial charge in [0.15, 0.2) is 0 Å². The molecule has 0 saturated carbocycles. The Hall–Kier alpha value is -0.790. The molecule has 0 aliphatic carbocycles. The van der Waals surface area contributed by atoms with Gasteiger partial charge in [-0.2, -0.15) is 0 Å². The van der Waals surface area contributed by atoms with Crippen molar-refractivity contribution in [2.75, 3.05) is 13.6 Å². The van der Waals surface area contributed by atoms with Gasteiger partial charge in [0.2, 0.25) is 0 Å². The smallest absolute Gasteiger partial charge is 0.0597 e. The van der Waals surface area contributed by atoms with Crippen molar-refractivity contribution in [3.05, 3.63) is 11.8 Å². The number of aliphatic imine (C=N–C) groups is 1. The summed E-state index contributed by atoms with van der Waals surface area (Å²) < 4.78 is 0. The van der Waals surface area contributed by atoms with E-state index in [4.69, 9.17) is 0 Å². The van der Waals surface area contributed by atoms with Crippen LogP contribution in [-0.2, 0) is 0 Å². The molecule has 1 aliphatic heterocycles. The average molecular weight is 110 g/mol. The molecule has 44 valence electrons. The monoisotopic (exact) mass is 110 g/mol. The minimum atomic E-state index is 0.849. The van der Waals surface area contributed by atoms with Crippen LogP contribution in [-0.4, -0.2) is 19.3 Å². The van der Waals surface area contributed by atoms with E-state index in [1.54, 1.807) is 0 Å². The summed E-state index contributed by atoms with van der Waals surface area (Å²) in [6.45, 7) is 2.86. The third-order valence-corrected chi connectivity index (χ3v) is 1.28. The second kappa shape index (κ2) is 1.99. The molecule has 0 fully saturated rings. The highest BCUT2D eigenvalue weighted by molar-refractivity contribution is 5.99. The fraction of sp³-hybridized carbons (Fsp3) is 0.500. The van der Waals surface area contributed by atoms with E-state index < -0.39 is 0 Å². The Morgan fingerprint density at radius 1 is 1.75 bits per heavy atom. The fourth-order valence-corrected chi connectivity index (χ4v) is 0.790. The lowest BCUT2D eigenvalue weighted by Crippen LogP contribution is -2.10. The maximum absolute atomic E-state index is 4.15. The first-order valence-electron chi connectivity index (χ1n) is 2.74. The van der Waals surface area contributed by atoms with Crippen molar-refractivity contribution >= 4 is 5.71 Å². The van der Waals surface area contributed by atoms with Gasteiger partial charge in [0.05, 0.1) is 18.0 Å². The Bertz CT molecular complexity index is 145. The number of hydrogen-bond donors (Lipinski definition) is 1. The van der Waals surface area contributed by atoms with E-state index in [2.05, 4.69) is 16.4 Å². The number of nitrogens with zero attached hydrogens (tertiary/aromatic N) is 1. The SMILES string of the molecule is CNC1=CCN=C1C. The summed E-state index contributed by atoms with van der Waals surface area (Å²) >= 11 is 0. The predicted molar refractivity (Wildman–Crippen MR) is 35.1 cm³/mol. The lowest BCUT2D eigenvalue weighted by atomic mass is 10.3. The van der Waals surface area contributed by atoms with Crippen LogP contribution in [0.4, 0.5) is 0 Å². The third kappa shape index (κ3) is 0.735. The van der Waals surface area contributed by atoms with E-state index in [0.717, 1.165) is 12.3 Å². The van der Waals surface area contributed by atoms with Crippen LogP contribution in [0.2, 0.25) is 0 Å². The standard InChI is InChI=1S/C6H10N2/c1-5-6(7-2)3-4-8-5/h3,7H,4H2,1-2H3. The Labute approximate surface area is 49.3 Å². The van der Waals surface area contributed by atoms with Crippen LogP contribution in [0.5, 0.6) is 0 Å². The van der Waals surface area contributed by atoms with Crippen LogP contribution < -0.4 is 5.32 Å². The summed E-state index contributed by atoms with van der Waals surface area (Å²) in [6, 6.07) is 0. The zero-order valence-electron chi connectivity index (χ0n) is 5.23. The van der Waals surface area contributed by atoms with Crippen LogP contribution in [0, 0.1) is 0 Å². The van der Waals surface area contributed by atoms with Gasteiger partial charge in [0.25, 0.3) is 0 Å². The van der Waals surface area contributed by atoms with Gasteiger partial charge < -0.3 is 5.32 Å². The molecule has 0 aromatic carbocycles. The Balaban J connectivity index is 2.66. The van der Waals surface area contributed by atoms with Gasteiger partial charge in [-0.05, 0) is 13.0 Å². The van der Waals surface area contributed by atoms with Crippen molar-refractivity contribution in [2.45, 2.75) is 6.92 Å². The minimum Gasteiger partial charge on any atom is -0.387 e. The van der Waals surface area contributed by atoms with E-state index in [-0.39, 0.29) is 0 Å². The van der Waals surface area contributed by atoms with Crippen LogP contribution in [0.15, 0.2) is 16.8 Å². The Morgan fingerprint density at radius 3 is 2.75 bits per heavy atom. The second-order valence-corrected chi connectivity index (χ2v) is 1.79. The van der Waals surface area contributed by atoms with Crippen LogP contribution in [0.25, 0.3) is 0 Å². The first-order valence-corrected chi connectivity index (χ1v) is 2.74. The van der Waals surface area contributed by atoms with E-state index in [1.165, 1.54) is 5.70 Å². The van der Waals surface area contributed by atoms with Gasteiger partial charge in [0.1, 0.15) is 0 Å². The van der Waals surface area contributed by atoms with Crippen LogP contribution in [0.1, 0.15) is 6.92 Å². The second-order valence-electron chi connectivity index (χ2n) is 1.79. The Morgan fingerprint density at radius 2 is 2.50 bits per heavy atom. The molecule has 0 aromatic heterocycles. The Kier molecular flexibility index (Phi) is 1.33. The van der Waals surface area contributed by atoms with E-state index in [0.29, 0.717) is 0 Å². The molecule has 1 aliphatic rings. The normalized spacial score (nSPS) is 17.8. The molecule has 0 atom stereocenters. The molecule has 0 amide bonds. The third-order valence-electron chi connectivity index (χ3n) is 1.28. The van der Waals surface area contributed by atoms with Crippen molar-refractivity contribution in [3.8, 4) is 0 Å². The first-order chi connectivity index (χ1) is 3.84. The maximum atomic E-state index is 4.15. The number of rotatable bonds is 1. The largest absolute Gasteiger partial charge is 0.387 e. The minimum absolute atomic E-state index is 0.849. The molecule has 2 heteroatoms. The molecule has 0 aromatic rings. The maximum Gasteiger partial charge on any atom is 0.0597 e. The van der Waals surface area contributed by atoms with E-state index in [9.17, 15) is 0 Å². The average Bonchev–Trinajstić information content (AvgIpc) is 2.14. The van der Waals surface area contributed by atoms with Crippen molar-refractivity contribution in [1.82, 2.24) is 5.32 Å². The molecule has 1 rings (SSSR count). The number of nitrogens with one attached hydrogen (secondary N) is 1. The molecule has 1 heterocycles. The molecule has 0 saturated heterocycles. The summed E-state index contributed by atoms with van der Waals surface area (Å²) in [5.74, 6) is 0. The predicted octanol–water partition coefficient (Wildman–Crippen LogP) is 0.564. The molecule has 0 unspecified atom stereocenters. The molecule has 8 heavy (non-hydrogen) atoms.